The van der Waals surface area contributed by atoms with Crippen molar-refractivity contribution in [2.45, 2.75) is 26.3 Å². The van der Waals surface area contributed by atoms with Crippen molar-refractivity contribution < 1.29 is 14.4 Å². The minimum atomic E-state index is -0.398. The van der Waals surface area contributed by atoms with Crippen LogP contribution in [0.1, 0.15) is 41.0 Å². The van der Waals surface area contributed by atoms with E-state index in [0.717, 1.165) is 4.90 Å². The van der Waals surface area contributed by atoms with E-state index in [0.29, 0.717) is 16.1 Å². The number of benzene rings is 1. The molecule has 1 N–H and O–H groups in total. The van der Waals surface area contributed by atoms with Crippen molar-refractivity contribution in [3.8, 4) is 0 Å². The lowest BCUT2D eigenvalue weighted by Gasteiger charge is -2.14. The fraction of sp³-hybridized carbons (Fsp3) is 0.357. The molecule has 3 amide bonds. The molecule has 0 radical (unpaired) electrons. The summed E-state index contributed by atoms with van der Waals surface area (Å²) in [4.78, 5) is 36.8. The molecule has 0 atom stereocenters. The smallest absolute Gasteiger partial charge is 0.261 e. The molecule has 1 aromatic rings. The summed E-state index contributed by atoms with van der Waals surface area (Å²) in [6.07, 6.45) is 0.0946. The molecule has 1 aliphatic heterocycles. The Balaban J connectivity index is 2.07. The summed E-state index contributed by atoms with van der Waals surface area (Å²) in [5.74, 6) is -0.960. The van der Waals surface area contributed by atoms with Crippen molar-refractivity contribution in [2.75, 3.05) is 6.54 Å². The van der Waals surface area contributed by atoms with E-state index < -0.39 is 5.91 Å². The molecule has 0 unspecified atom stereocenters. The summed E-state index contributed by atoms with van der Waals surface area (Å²) < 4.78 is 0. The zero-order chi connectivity index (χ0) is 14.9. The number of carbonyl (C=O) groups is 3. The van der Waals surface area contributed by atoms with Gasteiger partial charge in [0, 0.05) is 24.0 Å². The van der Waals surface area contributed by atoms with Gasteiger partial charge in [0.15, 0.2) is 0 Å². The van der Waals surface area contributed by atoms with Gasteiger partial charge in [-0.05, 0) is 32.0 Å². The highest BCUT2D eigenvalue weighted by atomic mass is 35.5. The Morgan fingerprint density at radius 1 is 1.25 bits per heavy atom. The van der Waals surface area contributed by atoms with E-state index >= 15 is 0 Å². The fourth-order valence-electron chi connectivity index (χ4n) is 2.07. The molecule has 2 rings (SSSR count). The van der Waals surface area contributed by atoms with Crippen molar-refractivity contribution in [1.29, 1.82) is 0 Å². The largest absolute Gasteiger partial charge is 0.354 e. The van der Waals surface area contributed by atoms with E-state index in [1.54, 1.807) is 6.07 Å². The second-order valence-corrected chi connectivity index (χ2v) is 5.36. The van der Waals surface area contributed by atoms with Crippen LogP contribution in [-0.2, 0) is 4.79 Å². The van der Waals surface area contributed by atoms with Crippen molar-refractivity contribution in [3.63, 3.8) is 0 Å². The minimum Gasteiger partial charge on any atom is -0.354 e. The van der Waals surface area contributed by atoms with Crippen molar-refractivity contribution >= 4 is 29.3 Å². The first-order chi connectivity index (χ1) is 9.40. The molecule has 0 spiro atoms. The summed E-state index contributed by atoms with van der Waals surface area (Å²) in [6, 6.07) is 4.61. The van der Waals surface area contributed by atoms with E-state index in [4.69, 9.17) is 11.6 Å². The molecular weight excluding hydrogens is 280 g/mol. The van der Waals surface area contributed by atoms with E-state index in [2.05, 4.69) is 5.32 Å². The van der Waals surface area contributed by atoms with Gasteiger partial charge in [0.05, 0.1) is 11.1 Å². The maximum atomic E-state index is 12.1. The van der Waals surface area contributed by atoms with Crippen LogP contribution < -0.4 is 5.32 Å². The lowest BCUT2D eigenvalue weighted by atomic mass is 10.1. The lowest BCUT2D eigenvalue weighted by molar-refractivity contribution is -0.121. The molecular formula is C14H15ClN2O3. The highest BCUT2D eigenvalue weighted by Gasteiger charge is 2.35. The molecule has 0 aliphatic carbocycles. The summed E-state index contributed by atoms with van der Waals surface area (Å²) >= 11 is 5.82. The number of nitrogens with zero attached hydrogens (tertiary/aromatic N) is 1. The van der Waals surface area contributed by atoms with Gasteiger partial charge in [-0.25, -0.2) is 0 Å². The van der Waals surface area contributed by atoms with E-state index in [9.17, 15) is 14.4 Å². The van der Waals surface area contributed by atoms with Gasteiger partial charge in [0.2, 0.25) is 5.91 Å². The van der Waals surface area contributed by atoms with Crippen LogP contribution in [-0.4, -0.2) is 35.2 Å². The standard InChI is InChI=1S/C14H15ClN2O3/c1-8(2)16-12(18)5-6-17-13(19)10-4-3-9(15)7-11(10)14(17)20/h3-4,7-8H,5-6H2,1-2H3,(H,16,18). The van der Waals surface area contributed by atoms with E-state index in [-0.39, 0.29) is 30.8 Å². The number of halogens is 1. The maximum absolute atomic E-state index is 12.1. The highest BCUT2D eigenvalue weighted by Crippen LogP contribution is 2.25. The van der Waals surface area contributed by atoms with Gasteiger partial charge in [-0.15, -0.1) is 0 Å². The molecule has 1 aromatic carbocycles. The van der Waals surface area contributed by atoms with Gasteiger partial charge in [0.1, 0.15) is 0 Å². The van der Waals surface area contributed by atoms with Crippen molar-refractivity contribution in [1.82, 2.24) is 10.2 Å². The molecule has 0 fully saturated rings. The second-order valence-electron chi connectivity index (χ2n) is 4.92. The second kappa shape index (κ2) is 5.63. The molecule has 1 aliphatic rings. The number of hydrogen-bond donors (Lipinski definition) is 1. The minimum absolute atomic E-state index is 0.0310. The van der Waals surface area contributed by atoms with Crippen LogP contribution in [0.2, 0.25) is 5.02 Å². The first kappa shape index (κ1) is 14.5. The summed E-state index contributed by atoms with van der Waals surface area (Å²) in [5.41, 5.74) is 0.635. The van der Waals surface area contributed by atoms with Crippen molar-refractivity contribution in [2.24, 2.45) is 0 Å². The van der Waals surface area contributed by atoms with Gasteiger partial charge < -0.3 is 5.32 Å². The van der Waals surface area contributed by atoms with Crippen molar-refractivity contribution in [3.05, 3.63) is 34.3 Å². The predicted octanol–water partition coefficient (Wildman–Crippen LogP) is 1.85. The fourth-order valence-corrected chi connectivity index (χ4v) is 2.25. The summed E-state index contributed by atoms with van der Waals surface area (Å²) in [5, 5.41) is 3.12. The van der Waals surface area contributed by atoms with Crippen LogP contribution in [0.4, 0.5) is 0 Å². The Labute approximate surface area is 121 Å². The van der Waals surface area contributed by atoms with Gasteiger partial charge in [-0.2, -0.15) is 0 Å². The number of amides is 3. The van der Waals surface area contributed by atoms with Crippen LogP contribution in [0.3, 0.4) is 0 Å². The summed E-state index contributed by atoms with van der Waals surface area (Å²) in [6.45, 7) is 3.77. The molecule has 0 saturated heterocycles. The highest BCUT2D eigenvalue weighted by molar-refractivity contribution is 6.32. The predicted molar refractivity (Wildman–Crippen MR) is 74.7 cm³/mol. The average molecular weight is 295 g/mol. The molecule has 5 nitrogen and oxygen atoms in total. The molecule has 0 aromatic heterocycles. The van der Waals surface area contributed by atoms with Gasteiger partial charge in [-0.1, -0.05) is 11.6 Å². The lowest BCUT2D eigenvalue weighted by Crippen LogP contribution is -2.36. The third-order valence-electron chi connectivity index (χ3n) is 2.94. The monoisotopic (exact) mass is 294 g/mol. The van der Waals surface area contributed by atoms with Gasteiger partial charge in [-0.3, -0.25) is 19.3 Å². The third-order valence-corrected chi connectivity index (χ3v) is 3.18. The zero-order valence-corrected chi connectivity index (χ0v) is 12.0. The van der Waals surface area contributed by atoms with Gasteiger partial charge in [0.25, 0.3) is 11.8 Å². The molecule has 0 bridgehead atoms. The Morgan fingerprint density at radius 3 is 2.55 bits per heavy atom. The number of carbonyl (C=O) groups excluding carboxylic acids is 3. The molecule has 20 heavy (non-hydrogen) atoms. The first-order valence-corrected chi connectivity index (χ1v) is 6.73. The van der Waals surface area contributed by atoms with E-state index in [1.807, 2.05) is 13.8 Å². The average Bonchev–Trinajstić information content (AvgIpc) is 2.59. The molecule has 6 heteroatoms. The Hall–Kier alpha value is -1.88. The molecule has 0 saturated carbocycles. The Kier molecular flexibility index (Phi) is 4.09. The quantitative estimate of drug-likeness (QED) is 0.862. The number of nitrogens with one attached hydrogen (secondary N) is 1. The molecule has 106 valence electrons. The van der Waals surface area contributed by atoms with Crippen LogP contribution in [0.5, 0.6) is 0 Å². The van der Waals surface area contributed by atoms with Crippen LogP contribution in [0.15, 0.2) is 18.2 Å². The van der Waals surface area contributed by atoms with E-state index in [1.165, 1.54) is 12.1 Å². The number of imide groups is 1. The summed E-state index contributed by atoms with van der Waals surface area (Å²) in [7, 11) is 0. The maximum Gasteiger partial charge on any atom is 0.261 e. The normalized spacial score (nSPS) is 13.9. The van der Waals surface area contributed by atoms with Crippen LogP contribution in [0, 0.1) is 0 Å². The zero-order valence-electron chi connectivity index (χ0n) is 11.3. The first-order valence-electron chi connectivity index (χ1n) is 6.35. The Morgan fingerprint density at radius 2 is 1.90 bits per heavy atom. The third kappa shape index (κ3) is 2.82. The number of rotatable bonds is 4. The molecule has 1 heterocycles. The Bertz CT molecular complexity index is 584. The van der Waals surface area contributed by atoms with Crippen LogP contribution >= 0.6 is 11.6 Å². The van der Waals surface area contributed by atoms with Crippen LogP contribution in [0.25, 0.3) is 0 Å². The number of hydrogen-bond acceptors (Lipinski definition) is 3. The number of fused-ring (bicyclic) bond motifs is 1. The van der Waals surface area contributed by atoms with Gasteiger partial charge >= 0.3 is 0 Å². The SMILES string of the molecule is CC(C)NC(=O)CCN1C(=O)c2ccc(Cl)cc2C1=O. The topological polar surface area (TPSA) is 66.5 Å².